The van der Waals surface area contributed by atoms with E-state index < -0.39 is 6.04 Å². The summed E-state index contributed by atoms with van der Waals surface area (Å²) in [6, 6.07) is 14.4. The van der Waals surface area contributed by atoms with E-state index in [1.165, 1.54) is 17.5 Å². The fraction of sp³-hybridized carbons (Fsp3) is 0.391. The van der Waals surface area contributed by atoms with Crippen molar-refractivity contribution in [3.05, 3.63) is 71.0 Å². The van der Waals surface area contributed by atoms with Gasteiger partial charge in [-0.25, -0.2) is 9.40 Å². The first kappa shape index (κ1) is 18.8. The summed E-state index contributed by atoms with van der Waals surface area (Å²) in [6.07, 6.45) is 4.00. The summed E-state index contributed by atoms with van der Waals surface area (Å²) in [6.45, 7) is 4.26. The SMILES string of the molecule is Cc1cccc(C2=NN(C(=O)CN3CCCCC3)C(c3ccccc3F)C2)c1. The zero-order valence-electron chi connectivity index (χ0n) is 16.3. The van der Waals surface area contributed by atoms with Crippen LogP contribution in [0.2, 0.25) is 0 Å². The Morgan fingerprint density at radius 2 is 1.89 bits per heavy atom. The molecule has 0 bridgehead atoms. The lowest BCUT2D eigenvalue weighted by atomic mass is 9.97. The summed E-state index contributed by atoms with van der Waals surface area (Å²) in [5.41, 5.74) is 3.50. The third-order valence-corrected chi connectivity index (χ3v) is 5.59. The van der Waals surface area contributed by atoms with E-state index in [1.54, 1.807) is 12.1 Å². The van der Waals surface area contributed by atoms with Gasteiger partial charge in [0.05, 0.1) is 18.3 Å². The molecule has 1 unspecified atom stereocenters. The first-order valence-electron chi connectivity index (χ1n) is 10.0. The maximum absolute atomic E-state index is 14.5. The van der Waals surface area contributed by atoms with Gasteiger partial charge in [-0.3, -0.25) is 9.69 Å². The first-order valence-corrected chi connectivity index (χ1v) is 10.0. The predicted molar refractivity (Wildman–Crippen MR) is 109 cm³/mol. The molecule has 0 spiro atoms. The van der Waals surface area contributed by atoms with E-state index in [9.17, 15) is 9.18 Å². The van der Waals surface area contributed by atoms with Gasteiger partial charge in [0.15, 0.2) is 0 Å². The number of piperidine rings is 1. The second kappa shape index (κ2) is 8.23. The maximum atomic E-state index is 14.5. The number of hydrogen-bond donors (Lipinski definition) is 0. The second-order valence-corrected chi connectivity index (χ2v) is 7.73. The molecule has 0 N–H and O–H groups in total. The summed E-state index contributed by atoms with van der Waals surface area (Å²) >= 11 is 0. The van der Waals surface area contributed by atoms with Crippen LogP contribution in [0.4, 0.5) is 4.39 Å². The number of benzene rings is 2. The molecule has 0 aromatic heterocycles. The lowest BCUT2D eigenvalue weighted by Crippen LogP contribution is -2.40. The van der Waals surface area contributed by atoms with Crippen molar-refractivity contribution in [2.45, 2.75) is 38.6 Å². The van der Waals surface area contributed by atoms with Gasteiger partial charge in [-0.2, -0.15) is 5.10 Å². The van der Waals surface area contributed by atoms with E-state index in [2.05, 4.69) is 16.1 Å². The highest BCUT2D eigenvalue weighted by atomic mass is 19.1. The number of carbonyl (C=O) groups is 1. The number of nitrogens with zero attached hydrogens (tertiary/aromatic N) is 3. The minimum absolute atomic E-state index is 0.0576. The predicted octanol–water partition coefficient (Wildman–Crippen LogP) is 4.30. The highest BCUT2D eigenvalue weighted by Crippen LogP contribution is 2.34. The molecule has 0 saturated carbocycles. The summed E-state index contributed by atoms with van der Waals surface area (Å²) in [7, 11) is 0. The molecule has 0 radical (unpaired) electrons. The second-order valence-electron chi connectivity index (χ2n) is 7.73. The van der Waals surface area contributed by atoms with E-state index >= 15 is 0 Å². The number of likely N-dealkylation sites (tertiary alicyclic amines) is 1. The van der Waals surface area contributed by atoms with Crippen molar-refractivity contribution in [2.24, 2.45) is 5.10 Å². The van der Waals surface area contributed by atoms with Gasteiger partial charge < -0.3 is 0 Å². The van der Waals surface area contributed by atoms with Crippen LogP contribution in [0.15, 0.2) is 53.6 Å². The Labute approximate surface area is 165 Å². The molecular weight excluding hydrogens is 353 g/mol. The van der Waals surface area contributed by atoms with Crippen LogP contribution in [-0.4, -0.2) is 41.2 Å². The van der Waals surface area contributed by atoms with Gasteiger partial charge in [-0.15, -0.1) is 0 Å². The molecule has 1 atom stereocenters. The van der Waals surface area contributed by atoms with Crippen LogP contribution in [-0.2, 0) is 4.79 Å². The lowest BCUT2D eigenvalue weighted by molar-refractivity contribution is -0.134. The molecule has 0 aliphatic carbocycles. The third kappa shape index (κ3) is 3.99. The molecule has 2 heterocycles. The Bertz CT molecular complexity index is 889. The average Bonchev–Trinajstić information content (AvgIpc) is 3.14. The molecule has 1 amide bonds. The molecule has 2 aliphatic heterocycles. The van der Waals surface area contributed by atoms with E-state index in [-0.39, 0.29) is 11.7 Å². The van der Waals surface area contributed by atoms with Crippen LogP contribution in [0.5, 0.6) is 0 Å². The Balaban J connectivity index is 1.63. The zero-order chi connectivity index (χ0) is 19.5. The van der Waals surface area contributed by atoms with Crippen LogP contribution < -0.4 is 0 Å². The van der Waals surface area contributed by atoms with E-state index in [0.717, 1.165) is 42.8 Å². The largest absolute Gasteiger partial charge is 0.294 e. The van der Waals surface area contributed by atoms with Crippen LogP contribution in [0.25, 0.3) is 0 Å². The molecule has 2 aromatic rings. The van der Waals surface area contributed by atoms with Crippen molar-refractivity contribution < 1.29 is 9.18 Å². The fourth-order valence-electron chi connectivity index (χ4n) is 4.11. The van der Waals surface area contributed by atoms with E-state index in [1.807, 2.05) is 31.2 Å². The summed E-state index contributed by atoms with van der Waals surface area (Å²) in [5, 5.41) is 6.19. The molecular formula is C23H26FN3O. The van der Waals surface area contributed by atoms with Crippen molar-refractivity contribution in [1.82, 2.24) is 9.91 Å². The molecule has 28 heavy (non-hydrogen) atoms. The van der Waals surface area contributed by atoms with E-state index in [0.29, 0.717) is 18.5 Å². The molecule has 146 valence electrons. The normalized spacial score (nSPS) is 20.3. The number of carbonyl (C=O) groups excluding carboxylic acids is 1. The highest BCUT2D eigenvalue weighted by molar-refractivity contribution is 6.03. The molecule has 2 aliphatic rings. The number of aryl methyl sites for hydroxylation is 1. The molecule has 2 aromatic carbocycles. The van der Waals surface area contributed by atoms with Gasteiger partial charge in [0, 0.05) is 12.0 Å². The maximum Gasteiger partial charge on any atom is 0.257 e. The Kier molecular flexibility index (Phi) is 5.53. The Hall–Kier alpha value is -2.53. The van der Waals surface area contributed by atoms with Crippen molar-refractivity contribution in [3.63, 3.8) is 0 Å². The standard InChI is InChI=1S/C23H26FN3O/c1-17-8-7-9-18(14-17)21-15-22(19-10-3-4-11-20(19)24)27(25-21)23(28)16-26-12-5-2-6-13-26/h3-4,7-11,14,22H,2,5-6,12-13,15-16H2,1H3. The first-order chi connectivity index (χ1) is 13.6. The van der Waals surface area contributed by atoms with Crippen molar-refractivity contribution >= 4 is 11.6 Å². The third-order valence-electron chi connectivity index (χ3n) is 5.59. The highest BCUT2D eigenvalue weighted by Gasteiger charge is 2.35. The average molecular weight is 379 g/mol. The summed E-state index contributed by atoms with van der Waals surface area (Å²) in [4.78, 5) is 15.3. The molecule has 1 fully saturated rings. The monoisotopic (exact) mass is 379 g/mol. The summed E-state index contributed by atoms with van der Waals surface area (Å²) < 4.78 is 14.5. The van der Waals surface area contributed by atoms with Gasteiger partial charge in [-0.1, -0.05) is 54.4 Å². The lowest BCUT2D eigenvalue weighted by Gasteiger charge is -2.29. The fourth-order valence-corrected chi connectivity index (χ4v) is 4.11. The number of halogens is 1. The Morgan fingerprint density at radius 3 is 2.64 bits per heavy atom. The van der Waals surface area contributed by atoms with Crippen LogP contribution >= 0.6 is 0 Å². The van der Waals surface area contributed by atoms with Crippen molar-refractivity contribution in [2.75, 3.05) is 19.6 Å². The van der Waals surface area contributed by atoms with E-state index in [4.69, 9.17) is 0 Å². The van der Waals surface area contributed by atoms with Gasteiger partial charge in [0.1, 0.15) is 5.82 Å². The minimum atomic E-state index is -0.394. The van der Waals surface area contributed by atoms with Crippen LogP contribution in [0.1, 0.15) is 48.4 Å². The summed E-state index contributed by atoms with van der Waals surface area (Å²) in [5.74, 6) is -0.346. The molecule has 4 rings (SSSR count). The van der Waals surface area contributed by atoms with Gasteiger partial charge in [0.25, 0.3) is 5.91 Å². The topological polar surface area (TPSA) is 35.9 Å². The number of hydrogen-bond acceptors (Lipinski definition) is 3. The van der Waals surface area contributed by atoms with Gasteiger partial charge in [-0.05, 0) is 44.5 Å². The van der Waals surface area contributed by atoms with Gasteiger partial charge >= 0.3 is 0 Å². The van der Waals surface area contributed by atoms with Crippen molar-refractivity contribution in [3.8, 4) is 0 Å². The molecule has 5 heteroatoms. The minimum Gasteiger partial charge on any atom is -0.294 e. The zero-order valence-corrected chi connectivity index (χ0v) is 16.3. The van der Waals surface area contributed by atoms with Gasteiger partial charge in [0.2, 0.25) is 0 Å². The molecule has 4 nitrogen and oxygen atoms in total. The number of amides is 1. The number of rotatable bonds is 4. The molecule has 1 saturated heterocycles. The van der Waals surface area contributed by atoms with Crippen LogP contribution in [0.3, 0.4) is 0 Å². The van der Waals surface area contributed by atoms with Crippen LogP contribution in [0, 0.1) is 12.7 Å². The number of hydrazone groups is 1. The van der Waals surface area contributed by atoms with Crippen molar-refractivity contribution in [1.29, 1.82) is 0 Å². The quantitative estimate of drug-likeness (QED) is 0.794. The smallest absolute Gasteiger partial charge is 0.257 e. The Morgan fingerprint density at radius 1 is 1.11 bits per heavy atom.